The van der Waals surface area contributed by atoms with Crippen LogP contribution in [-0.2, 0) is 20.3 Å². The van der Waals surface area contributed by atoms with Gasteiger partial charge in [0.2, 0.25) is 0 Å². The van der Waals surface area contributed by atoms with E-state index in [0.29, 0.717) is 22.8 Å². The first-order valence-electron chi connectivity index (χ1n) is 7.16. The molecule has 1 atom stereocenters. The molecule has 0 aliphatic heterocycles. The molecular weight excluding hydrogens is 314 g/mol. The number of rotatable bonds is 5. The van der Waals surface area contributed by atoms with Gasteiger partial charge in [-0.05, 0) is 18.2 Å². The first-order chi connectivity index (χ1) is 11.2. The van der Waals surface area contributed by atoms with Crippen LogP contribution in [0.5, 0.6) is 0 Å². The third-order valence-corrected chi connectivity index (χ3v) is 5.04. The van der Waals surface area contributed by atoms with Crippen LogP contribution >= 0.6 is 0 Å². The van der Waals surface area contributed by atoms with Crippen molar-refractivity contribution < 1.29 is 18.5 Å². The molecular formula is C17H17NO4S. The van der Waals surface area contributed by atoms with Crippen molar-refractivity contribution in [3.05, 3.63) is 48.2 Å². The lowest BCUT2D eigenvalue weighted by molar-refractivity contribution is 0.0605. The molecule has 120 valence electrons. The molecule has 0 aliphatic carbocycles. The smallest absolute Gasteiger partial charge is 0.340 e. The fourth-order valence-corrected chi connectivity index (χ4v) is 3.64. The van der Waals surface area contributed by atoms with Crippen molar-refractivity contribution >= 4 is 33.2 Å². The average Bonchev–Trinajstić information content (AvgIpc) is 2.92. The quantitative estimate of drug-likeness (QED) is 0.675. The summed E-state index contributed by atoms with van der Waals surface area (Å²) in [6.07, 6.45) is 1.82. The lowest BCUT2D eigenvalue weighted by Gasteiger charge is -2.04. The van der Waals surface area contributed by atoms with Crippen LogP contribution in [0.25, 0.3) is 16.4 Å². The largest absolute Gasteiger partial charge is 0.465 e. The Bertz CT molecular complexity index is 900. The summed E-state index contributed by atoms with van der Waals surface area (Å²) < 4.78 is 24.1. The third-order valence-electron chi connectivity index (χ3n) is 3.74. The van der Waals surface area contributed by atoms with Crippen LogP contribution < -0.4 is 0 Å². The highest BCUT2D eigenvalue weighted by Crippen LogP contribution is 2.28. The molecule has 0 fully saturated rings. The Hall–Kier alpha value is -2.18. The molecule has 5 nitrogen and oxygen atoms in total. The lowest BCUT2D eigenvalue weighted by Crippen LogP contribution is -2.05. The van der Waals surface area contributed by atoms with Gasteiger partial charge in [-0.3, -0.25) is 4.21 Å². The summed E-state index contributed by atoms with van der Waals surface area (Å²) in [6.45, 7) is 0.435. The highest BCUT2D eigenvalue weighted by Gasteiger charge is 2.19. The van der Waals surface area contributed by atoms with Crippen LogP contribution in [0.2, 0.25) is 0 Å². The van der Waals surface area contributed by atoms with Crippen molar-refractivity contribution in [3.8, 4) is 0 Å². The zero-order valence-electron chi connectivity index (χ0n) is 12.9. The molecule has 0 bridgehead atoms. The third kappa shape index (κ3) is 2.75. The van der Waals surface area contributed by atoms with E-state index < -0.39 is 10.8 Å². The summed E-state index contributed by atoms with van der Waals surface area (Å²) in [6, 6.07) is 11.2. The molecule has 6 heteroatoms. The second-order valence-electron chi connectivity index (χ2n) is 5.05. The van der Waals surface area contributed by atoms with Gasteiger partial charge in [-0.25, -0.2) is 4.79 Å². The van der Waals surface area contributed by atoms with Gasteiger partial charge in [0.05, 0.1) is 51.8 Å². The maximum absolute atomic E-state index is 12.3. The van der Waals surface area contributed by atoms with Crippen LogP contribution in [0.1, 0.15) is 10.4 Å². The summed E-state index contributed by atoms with van der Waals surface area (Å²) >= 11 is 0. The minimum absolute atomic E-state index is 0.378. The van der Waals surface area contributed by atoms with E-state index in [0.717, 1.165) is 16.4 Å². The van der Waals surface area contributed by atoms with E-state index in [2.05, 4.69) is 0 Å². The summed E-state index contributed by atoms with van der Waals surface area (Å²) in [7, 11) is 1.81. The number of ether oxygens (including phenoxy) is 2. The number of aromatic nitrogens is 1. The van der Waals surface area contributed by atoms with Crippen LogP contribution in [0.3, 0.4) is 0 Å². The van der Waals surface area contributed by atoms with Gasteiger partial charge < -0.3 is 13.9 Å². The maximum Gasteiger partial charge on any atom is 0.340 e. The van der Waals surface area contributed by atoms with Gasteiger partial charge in [-0.15, -0.1) is 0 Å². The van der Waals surface area contributed by atoms with Crippen molar-refractivity contribution in [2.75, 3.05) is 26.6 Å². The Labute approximate surface area is 136 Å². The highest BCUT2D eigenvalue weighted by molar-refractivity contribution is 7.85. The number of para-hydroxylation sites is 1. The van der Waals surface area contributed by atoms with E-state index >= 15 is 0 Å². The minimum Gasteiger partial charge on any atom is -0.465 e. The molecule has 0 radical (unpaired) electrons. The summed E-state index contributed by atoms with van der Waals surface area (Å²) in [5, 5.41) is 0.819. The Morgan fingerprint density at radius 3 is 2.65 bits per heavy atom. The lowest BCUT2D eigenvalue weighted by atomic mass is 10.1. The molecule has 3 rings (SSSR count). The van der Waals surface area contributed by atoms with Crippen molar-refractivity contribution in [2.45, 2.75) is 4.90 Å². The molecule has 2 heterocycles. The molecule has 0 saturated carbocycles. The van der Waals surface area contributed by atoms with E-state index in [9.17, 15) is 9.00 Å². The topological polar surface area (TPSA) is 57.0 Å². The number of fused-ring (bicyclic) bond motifs is 3. The summed E-state index contributed by atoms with van der Waals surface area (Å²) in [4.78, 5) is 12.9. The fourth-order valence-electron chi connectivity index (χ4n) is 2.65. The average molecular weight is 331 g/mol. The zero-order valence-corrected chi connectivity index (χ0v) is 13.8. The van der Waals surface area contributed by atoms with E-state index in [-0.39, 0.29) is 5.97 Å². The van der Waals surface area contributed by atoms with Crippen molar-refractivity contribution in [2.24, 2.45) is 0 Å². The second-order valence-corrected chi connectivity index (χ2v) is 6.62. The van der Waals surface area contributed by atoms with Gasteiger partial charge in [-0.2, -0.15) is 0 Å². The van der Waals surface area contributed by atoms with Crippen LogP contribution in [0.15, 0.2) is 47.5 Å². The van der Waals surface area contributed by atoms with Gasteiger partial charge in [0.15, 0.2) is 0 Å². The minimum atomic E-state index is -1.15. The van der Waals surface area contributed by atoms with E-state index in [1.807, 2.05) is 40.9 Å². The van der Waals surface area contributed by atoms with Crippen LogP contribution in [0.4, 0.5) is 0 Å². The Morgan fingerprint density at radius 1 is 1.13 bits per heavy atom. The van der Waals surface area contributed by atoms with Crippen LogP contribution in [0, 0.1) is 0 Å². The van der Waals surface area contributed by atoms with Crippen molar-refractivity contribution in [3.63, 3.8) is 0 Å². The number of nitrogens with zero attached hydrogens (tertiary/aromatic N) is 1. The number of pyridine rings is 1. The molecule has 0 aliphatic rings. The van der Waals surface area contributed by atoms with Crippen molar-refractivity contribution in [1.29, 1.82) is 0 Å². The number of esters is 1. The first kappa shape index (κ1) is 15.7. The van der Waals surface area contributed by atoms with Gasteiger partial charge in [0.25, 0.3) is 0 Å². The van der Waals surface area contributed by atoms with Gasteiger partial charge >= 0.3 is 5.97 Å². The Balaban J connectivity index is 2.21. The number of carbonyl (C=O) groups excluding carboxylic acids is 1. The monoisotopic (exact) mass is 331 g/mol. The number of methoxy groups -OCH3 is 2. The number of hydrogen-bond acceptors (Lipinski definition) is 4. The molecule has 23 heavy (non-hydrogen) atoms. The second kappa shape index (κ2) is 6.52. The predicted octanol–water partition coefficient (Wildman–Crippen LogP) is 2.63. The molecule has 0 spiro atoms. The molecule has 1 aromatic carbocycles. The highest BCUT2D eigenvalue weighted by atomic mass is 32.2. The van der Waals surface area contributed by atoms with Crippen LogP contribution in [-0.4, -0.2) is 41.2 Å². The first-order valence-corrected chi connectivity index (χ1v) is 8.47. The number of hydrogen-bond donors (Lipinski definition) is 0. The predicted molar refractivity (Wildman–Crippen MR) is 89.4 cm³/mol. The molecule has 2 aromatic heterocycles. The molecule has 0 N–H and O–H groups in total. The number of benzene rings is 1. The Morgan fingerprint density at radius 2 is 1.91 bits per heavy atom. The summed E-state index contributed by atoms with van der Waals surface area (Å²) in [5.41, 5.74) is 2.15. The maximum atomic E-state index is 12.3. The number of carbonyl (C=O) groups is 1. The SMILES string of the molecule is COCCS(=O)c1ccc2c(C(=O)OC)c3ccccc3n2c1. The van der Waals surface area contributed by atoms with Gasteiger partial charge in [0, 0.05) is 18.7 Å². The Kier molecular flexibility index (Phi) is 4.45. The fraction of sp³-hybridized carbons (Fsp3) is 0.235. The summed E-state index contributed by atoms with van der Waals surface area (Å²) in [5.74, 6) is 0.0578. The van der Waals surface area contributed by atoms with Crippen molar-refractivity contribution in [1.82, 2.24) is 4.40 Å². The normalized spacial score (nSPS) is 12.6. The molecule has 1 unspecified atom stereocenters. The molecule has 0 saturated heterocycles. The standard InChI is InChI=1S/C17H17NO4S/c1-21-9-10-23(20)12-7-8-15-16(17(19)22-2)13-5-3-4-6-14(13)18(15)11-12/h3-8,11H,9-10H2,1-2H3. The van der Waals surface area contributed by atoms with Gasteiger partial charge in [-0.1, -0.05) is 18.2 Å². The zero-order chi connectivity index (χ0) is 16.4. The molecule has 3 aromatic rings. The van der Waals surface area contributed by atoms with Gasteiger partial charge in [0.1, 0.15) is 0 Å². The molecule has 0 amide bonds. The van der Waals surface area contributed by atoms with E-state index in [1.54, 1.807) is 13.2 Å². The van der Waals surface area contributed by atoms with E-state index in [4.69, 9.17) is 9.47 Å². The van der Waals surface area contributed by atoms with E-state index in [1.165, 1.54) is 7.11 Å².